The van der Waals surface area contributed by atoms with Gasteiger partial charge < -0.3 is 4.74 Å². The Kier molecular flexibility index (Phi) is 17.8. The molecule has 94 valence electrons. The van der Waals surface area contributed by atoms with Crippen molar-refractivity contribution in [3.8, 4) is 6.07 Å². The lowest BCUT2D eigenvalue weighted by Crippen LogP contribution is -1.95. The lowest BCUT2D eigenvalue weighted by Gasteiger charge is -1.95. The summed E-state index contributed by atoms with van der Waals surface area (Å²) in [5.41, 5.74) is 0. The van der Waals surface area contributed by atoms with Crippen LogP contribution in [0.5, 0.6) is 0 Å². The SMILES string of the molecule is CCCCCCCCC#N.CCOC(C)=O. The number of unbranched alkanes of at least 4 members (excludes halogenated alkanes) is 6. The van der Waals surface area contributed by atoms with Gasteiger partial charge in [-0.3, -0.25) is 4.79 Å². The summed E-state index contributed by atoms with van der Waals surface area (Å²) < 4.78 is 4.40. The lowest BCUT2D eigenvalue weighted by atomic mass is 10.1. The molecule has 0 aliphatic carbocycles. The number of nitrogens with zero attached hydrogens (tertiary/aromatic N) is 1. The fourth-order valence-corrected chi connectivity index (χ4v) is 1.19. The summed E-state index contributed by atoms with van der Waals surface area (Å²) in [7, 11) is 0. The van der Waals surface area contributed by atoms with Crippen molar-refractivity contribution < 1.29 is 9.53 Å². The minimum Gasteiger partial charge on any atom is -0.466 e. The predicted octanol–water partition coefficient (Wildman–Crippen LogP) is 3.83. The first-order valence-electron chi connectivity index (χ1n) is 6.19. The molecule has 0 aromatic heterocycles. The molecule has 0 saturated heterocycles. The molecule has 0 fully saturated rings. The molecule has 0 amide bonds. The van der Waals surface area contributed by atoms with Crippen molar-refractivity contribution in [2.75, 3.05) is 6.61 Å². The van der Waals surface area contributed by atoms with Crippen LogP contribution in [0.3, 0.4) is 0 Å². The maximum atomic E-state index is 9.82. The van der Waals surface area contributed by atoms with Crippen molar-refractivity contribution >= 4 is 5.97 Å². The highest BCUT2D eigenvalue weighted by molar-refractivity contribution is 5.65. The molecule has 3 heteroatoms. The van der Waals surface area contributed by atoms with Crippen molar-refractivity contribution in [2.24, 2.45) is 0 Å². The Morgan fingerprint density at radius 1 is 1.12 bits per heavy atom. The molecule has 0 unspecified atom stereocenters. The summed E-state index contributed by atoms with van der Waals surface area (Å²) in [6.07, 6.45) is 8.40. The van der Waals surface area contributed by atoms with Gasteiger partial charge in [-0.2, -0.15) is 5.26 Å². The Labute approximate surface area is 99.8 Å². The van der Waals surface area contributed by atoms with E-state index in [1.165, 1.54) is 39.0 Å². The van der Waals surface area contributed by atoms with Crippen LogP contribution in [0.15, 0.2) is 0 Å². The number of carbonyl (C=O) groups is 1. The molecule has 0 heterocycles. The summed E-state index contributed by atoms with van der Waals surface area (Å²) in [6.45, 7) is 5.87. The summed E-state index contributed by atoms with van der Waals surface area (Å²) in [4.78, 5) is 9.82. The minimum absolute atomic E-state index is 0.211. The van der Waals surface area contributed by atoms with Gasteiger partial charge in [-0.15, -0.1) is 0 Å². The highest BCUT2D eigenvalue weighted by atomic mass is 16.5. The first-order valence-corrected chi connectivity index (χ1v) is 6.19. The number of hydrogen-bond acceptors (Lipinski definition) is 3. The maximum absolute atomic E-state index is 9.82. The standard InChI is InChI=1S/C9H17N.C4H8O2/c1-2-3-4-5-6-7-8-9-10;1-3-6-4(2)5/h2-8H2,1H3;3H2,1-2H3. The van der Waals surface area contributed by atoms with Crippen LogP contribution in [0, 0.1) is 11.3 Å². The molecule has 0 aliphatic rings. The van der Waals surface area contributed by atoms with Crippen LogP contribution in [0.2, 0.25) is 0 Å². The molecule has 3 nitrogen and oxygen atoms in total. The van der Waals surface area contributed by atoms with Crippen LogP contribution in [0.4, 0.5) is 0 Å². The van der Waals surface area contributed by atoms with E-state index in [1.807, 2.05) is 0 Å². The van der Waals surface area contributed by atoms with Gasteiger partial charge in [0, 0.05) is 13.3 Å². The smallest absolute Gasteiger partial charge is 0.302 e. The van der Waals surface area contributed by atoms with E-state index in [2.05, 4.69) is 17.7 Å². The first kappa shape index (κ1) is 17.4. The molecule has 0 atom stereocenters. The molecular weight excluding hydrogens is 202 g/mol. The summed E-state index contributed by atoms with van der Waals surface area (Å²) >= 11 is 0. The summed E-state index contributed by atoms with van der Waals surface area (Å²) in [5.74, 6) is -0.211. The molecule has 0 aliphatic heterocycles. The number of ether oxygens (including phenoxy) is 1. The molecule has 0 spiro atoms. The lowest BCUT2D eigenvalue weighted by molar-refractivity contribution is -0.140. The summed E-state index contributed by atoms with van der Waals surface area (Å²) in [5, 5.41) is 8.22. The predicted molar refractivity (Wildman–Crippen MR) is 65.9 cm³/mol. The Morgan fingerprint density at radius 3 is 2.06 bits per heavy atom. The van der Waals surface area contributed by atoms with Crippen molar-refractivity contribution in [1.82, 2.24) is 0 Å². The second-order valence-electron chi connectivity index (χ2n) is 3.60. The fraction of sp³-hybridized carbons (Fsp3) is 0.846. The topological polar surface area (TPSA) is 50.1 Å². The van der Waals surface area contributed by atoms with Gasteiger partial charge >= 0.3 is 5.97 Å². The molecule has 0 radical (unpaired) electrons. The van der Waals surface area contributed by atoms with E-state index in [9.17, 15) is 4.79 Å². The van der Waals surface area contributed by atoms with E-state index < -0.39 is 0 Å². The van der Waals surface area contributed by atoms with Crippen LogP contribution in [0.1, 0.15) is 65.7 Å². The van der Waals surface area contributed by atoms with Gasteiger partial charge in [0.2, 0.25) is 0 Å². The monoisotopic (exact) mass is 227 g/mol. The quantitative estimate of drug-likeness (QED) is 0.490. The van der Waals surface area contributed by atoms with E-state index in [-0.39, 0.29) is 5.97 Å². The van der Waals surface area contributed by atoms with Crippen molar-refractivity contribution in [2.45, 2.75) is 65.7 Å². The Bertz CT molecular complexity index is 185. The van der Waals surface area contributed by atoms with E-state index in [0.29, 0.717) is 6.61 Å². The Balaban J connectivity index is 0. The zero-order chi connectivity index (χ0) is 12.6. The van der Waals surface area contributed by atoms with Gasteiger partial charge in [0.25, 0.3) is 0 Å². The number of hydrogen-bond donors (Lipinski definition) is 0. The van der Waals surface area contributed by atoms with E-state index >= 15 is 0 Å². The zero-order valence-corrected chi connectivity index (χ0v) is 10.9. The third-order valence-electron chi connectivity index (χ3n) is 1.99. The number of carbonyl (C=O) groups excluding carboxylic acids is 1. The third-order valence-corrected chi connectivity index (χ3v) is 1.99. The van der Waals surface area contributed by atoms with Gasteiger partial charge in [0.05, 0.1) is 12.7 Å². The number of rotatable bonds is 7. The largest absolute Gasteiger partial charge is 0.466 e. The van der Waals surface area contributed by atoms with Crippen molar-refractivity contribution in [3.63, 3.8) is 0 Å². The van der Waals surface area contributed by atoms with Crippen LogP contribution in [-0.4, -0.2) is 12.6 Å². The zero-order valence-electron chi connectivity index (χ0n) is 10.9. The average molecular weight is 227 g/mol. The molecule has 0 bridgehead atoms. The van der Waals surface area contributed by atoms with Crippen LogP contribution < -0.4 is 0 Å². The van der Waals surface area contributed by atoms with Gasteiger partial charge in [-0.25, -0.2) is 0 Å². The van der Waals surface area contributed by atoms with Gasteiger partial charge in [0.15, 0.2) is 0 Å². The summed E-state index contributed by atoms with van der Waals surface area (Å²) in [6, 6.07) is 2.16. The van der Waals surface area contributed by atoms with Gasteiger partial charge in [-0.05, 0) is 13.3 Å². The third kappa shape index (κ3) is 23.1. The molecule has 0 saturated carbocycles. The Morgan fingerprint density at radius 2 is 1.69 bits per heavy atom. The second kappa shape index (κ2) is 16.4. The molecule has 0 N–H and O–H groups in total. The van der Waals surface area contributed by atoms with Crippen LogP contribution in [-0.2, 0) is 9.53 Å². The normalized spacial score (nSPS) is 8.62. The molecule has 16 heavy (non-hydrogen) atoms. The van der Waals surface area contributed by atoms with Crippen molar-refractivity contribution in [1.29, 1.82) is 5.26 Å². The molecule has 0 aromatic rings. The highest BCUT2D eigenvalue weighted by Crippen LogP contribution is 2.05. The van der Waals surface area contributed by atoms with Gasteiger partial charge in [-0.1, -0.05) is 39.0 Å². The second-order valence-corrected chi connectivity index (χ2v) is 3.60. The highest BCUT2D eigenvalue weighted by Gasteiger charge is 1.87. The number of nitriles is 1. The van der Waals surface area contributed by atoms with Crippen LogP contribution in [0.25, 0.3) is 0 Å². The van der Waals surface area contributed by atoms with E-state index in [0.717, 1.165) is 12.8 Å². The van der Waals surface area contributed by atoms with E-state index in [1.54, 1.807) is 6.92 Å². The maximum Gasteiger partial charge on any atom is 0.302 e. The molecule has 0 rings (SSSR count). The van der Waals surface area contributed by atoms with Crippen LogP contribution >= 0.6 is 0 Å². The average Bonchev–Trinajstić information content (AvgIpc) is 2.24. The van der Waals surface area contributed by atoms with Crippen molar-refractivity contribution in [3.05, 3.63) is 0 Å². The Hall–Kier alpha value is -1.04. The first-order chi connectivity index (χ1) is 7.68. The number of esters is 1. The molecule has 0 aromatic carbocycles. The van der Waals surface area contributed by atoms with E-state index in [4.69, 9.17) is 5.26 Å². The molecular formula is C13H25NO2. The fourth-order valence-electron chi connectivity index (χ4n) is 1.19. The van der Waals surface area contributed by atoms with Gasteiger partial charge in [0.1, 0.15) is 0 Å². The minimum atomic E-state index is -0.211.